The zero-order valence-electron chi connectivity index (χ0n) is 18.5. The fourth-order valence-electron chi connectivity index (χ4n) is 3.90. The Hall–Kier alpha value is -3.55. The van der Waals surface area contributed by atoms with Gasteiger partial charge in [0.2, 0.25) is 0 Å². The van der Waals surface area contributed by atoms with Gasteiger partial charge < -0.3 is 0 Å². The van der Waals surface area contributed by atoms with Gasteiger partial charge >= 0.3 is 0 Å². The Morgan fingerprint density at radius 2 is 1.65 bits per heavy atom. The van der Waals surface area contributed by atoms with Crippen LogP contribution in [-0.2, 0) is 10.0 Å². The van der Waals surface area contributed by atoms with E-state index in [0.717, 1.165) is 21.4 Å². The molecular formula is C27H20N2O3S2. The van der Waals surface area contributed by atoms with Crippen LogP contribution in [0.3, 0.4) is 0 Å². The number of sulfonamides is 1. The van der Waals surface area contributed by atoms with Crippen LogP contribution in [0.4, 0.5) is 0 Å². The summed E-state index contributed by atoms with van der Waals surface area (Å²) in [6.45, 7) is 3.59. The topological polar surface area (TPSA) is 76.5 Å². The number of aryl methyl sites for hydroxylation is 2. The fraction of sp³-hybridized carbons (Fsp3) is 0.0741. The predicted molar refractivity (Wildman–Crippen MR) is 136 cm³/mol. The fourth-order valence-corrected chi connectivity index (χ4v) is 6.24. The Bertz CT molecular complexity index is 1630. The molecular weight excluding hydrogens is 464 g/mol. The van der Waals surface area contributed by atoms with Crippen molar-refractivity contribution in [1.29, 1.82) is 0 Å². The second kappa shape index (κ2) is 8.66. The molecule has 0 atom stereocenters. The molecule has 0 unspecified atom stereocenters. The number of hydrogen-bond acceptors (Lipinski definition) is 5. The van der Waals surface area contributed by atoms with Gasteiger partial charge in [-0.25, -0.2) is 0 Å². The van der Waals surface area contributed by atoms with Crippen molar-refractivity contribution in [2.45, 2.75) is 23.6 Å². The summed E-state index contributed by atoms with van der Waals surface area (Å²) in [5.74, 6) is -0.170. The number of allylic oxidation sites excluding steroid dienone is 2. The van der Waals surface area contributed by atoms with E-state index in [9.17, 15) is 13.2 Å². The van der Waals surface area contributed by atoms with Gasteiger partial charge in [-0.3, -0.25) is 9.78 Å². The number of rotatable bonds is 4. The standard InChI is InChI=1S/C27H20N2O3S2/c1-17-12-13-18(2)25(15-17)34(31,32)29-22-16-24(27(30)21-10-4-3-9-20(21)22)33-23-11-5-7-19-8-6-14-28-26(19)23/h3-16H,1-2H3. The van der Waals surface area contributed by atoms with E-state index in [-0.39, 0.29) is 16.4 Å². The molecule has 7 heteroatoms. The first-order valence-electron chi connectivity index (χ1n) is 10.6. The number of pyridine rings is 1. The van der Waals surface area contributed by atoms with Crippen molar-refractivity contribution in [3.8, 4) is 0 Å². The molecule has 34 heavy (non-hydrogen) atoms. The Morgan fingerprint density at radius 3 is 2.47 bits per heavy atom. The highest BCUT2D eigenvalue weighted by molar-refractivity contribution is 8.04. The minimum Gasteiger partial charge on any atom is -0.288 e. The highest BCUT2D eigenvalue weighted by atomic mass is 32.2. The van der Waals surface area contributed by atoms with Gasteiger partial charge in [0.25, 0.3) is 10.0 Å². The zero-order valence-corrected chi connectivity index (χ0v) is 20.2. The summed E-state index contributed by atoms with van der Waals surface area (Å²) in [5.41, 5.74) is 3.41. The van der Waals surface area contributed by atoms with E-state index in [0.29, 0.717) is 21.6 Å². The number of para-hydroxylation sites is 1. The Balaban J connectivity index is 1.65. The van der Waals surface area contributed by atoms with Gasteiger partial charge in [0, 0.05) is 27.6 Å². The Labute approximate surface area is 202 Å². The first-order valence-corrected chi connectivity index (χ1v) is 12.9. The number of benzene rings is 3. The smallest absolute Gasteiger partial charge is 0.283 e. The van der Waals surface area contributed by atoms with E-state index in [2.05, 4.69) is 9.38 Å². The quantitative estimate of drug-likeness (QED) is 0.360. The number of Topliss-reactive ketones (excluding diaryl/α,β-unsaturated/α-hetero) is 1. The average molecular weight is 485 g/mol. The third-order valence-electron chi connectivity index (χ3n) is 5.59. The number of fused-ring (bicyclic) bond motifs is 2. The third-order valence-corrected chi connectivity index (χ3v) is 8.10. The second-order valence-electron chi connectivity index (χ2n) is 8.04. The lowest BCUT2D eigenvalue weighted by molar-refractivity contribution is 0.104. The lowest BCUT2D eigenvalue weighted by Crippen LogP contribution is -2.17. The number of carbonyl (C=O) groups is 1. The molecule has 0 N–H and O–H groups in total. The van der Waals surface area contributed by atoms with Crippen LogP contribution in [0.5, 0.6) is 0 Å². The van der Waals surface area contributed by atoms with Crippen molar-refractivity contribution in [3.63, 3.8) is 0 Å². The van der Waals surface area contributed by atoms with E-state index in [1.165, 1.54) is 11.8 Å². The van der Waals surface area contributed by atoms with Crippen LogP contribution in [0, 0.1) is 13.8 Å². The largest absolute Gasteiger partial charge is 0.288 e. The summed E-state index contributed by atoms with van der Waals surface area (Å²) in [7, 11) is -3.99. The summed E-state index contributed by atoms with van der Waals surface area (Å²) in [4.78, 5) is 19.2. The normalized spacial score (nSPS) is 14.8. The molecule has 3 aromatic carbocycles. The average Bonchev–Trinajstić information content (AvgIpc) is 2.83. The summed E-state index contributed by atoms with van der Waals surface area (Å²) < 4.78 is 30.8. The van der Waals surface area contributed by atoms with Gasteiger partial charge in [0.15, 0.2) is 5.78 Å². The molecule has 1 aliphatic carbocycles. The SMILES string of the molecule is Cc1ccc(C)c(S(=O)(=O)N=C2C=C(Sc3cccc4cccnc34)C(=O)c3ccccc32)c1. The minimum atomic E-state index is -3.99. The molecule has 0 spiro atoms. The van der Waals surface area contributed by atoms with Crippen LogP contribution in [0.1, 0.15) is 27.0 Å². The maximum atomic E-state index is 13.3. The second-order valence-corrected chi connectivity index (χ2v) is 10.7. The maximum Gasteiger partial charge on any atom is 0.283 e. The lowest BCUT2D eigenvalue weighted by atomic mass is 9.94. The minimum absolute atomic E-state index is 0.162. The number of thioether (sulfide) groups is 1. The molecule has 0 saturated heterocycles. The number of nitrogens with zero attached hydrogens (tertiary/aromatic N) is 2. The number of aromatic nitrogens is 1. The van der Waals surface area contributed by atoms with E-state index < -0.39 is 10.0 Å². The van der Waals surface area contributed by atoms with Gasteiger partial charge in [0.1, 0.15) is 0 Å². The number of ketones is 1. The van der Waals surface area contributed by atoms with Crippen molar-refractivity contribution in [1.82, 2.24) is 4.98 Å². The van der Waals surface area contributed by atoms with Crippen molar-refractivity contribution in [2.75, 3.05) is 0 Å². The summed E-state index contributed by atoms with van der Waals surface area (Å²) in [5, 5.41) is 0.961. The predicted octanol–water partition coefficient (Wildman–Crippen LogP) is 5.90. The lowest BCUT2D eigenvalue weighted by Gasteiger charge is -2.17. The molecule has 0 fully saturated rings. The maximum absolute atomic E-state index is 13.3. The molecule has 0 amide bonds. The summed E-state index contributed by atoms with van der Waals surface area (Å²) in [6.07, 6.45) is 3.28. The van der Waals surface area contributed by atoms with Crippen LogP contribution < -0.4 is 0 Å². The molecule has 0 saturated carbocycles. The molecule has 4 aromatic rings. The van der Waals surface area contributed by atoms with Gasteiger partial charge in [-0.05, 0) is 49.2 Å². The molecule has 0 bridgehead atoms. The molecule has 168 valence electrons. The first kappa shape index (κ1) is 22.3. The molecule has 1 heterocycles. The van der Waals surface area contributed by atoms with Crippen molar-refractivity contribution >= 4 is 44.2 Å². The van der Waals surface area contributed by atoms with Crippen LogP contribution in [0.15, 0.2) is 104 Å². The van der Waals surface area contributed by atoms with Crippen LogP contribution >= 0.6 is 11.8 Å². The van der Waals surface area contributed by atoms with E-state index in [4.69, 9.17) is 0 Å². The molecule has 0 radical (unpaired) electrons. The van der Waals surface area contributed by atoms with Crippen molar-refractivity contribution in [3.05, 3.63) is 112 Å². The molecule has 1 aliphatic rings. The molecule has 1 aromatic heterocycles. The Kier molecular flexibility index (Phi) is 5.67. The third kappa shape index (κ3) is 4.08. The van der Waals surface area contributed by atoms with E-state index in [1.54, 1.807) is 55.6 Å². The van der Waals surface area contributed by atoms with Gasteiger partial charge in [-0.2, -0.15) is 12.8 Å². The van der Waals surface area contributed by atoms with Gasteiger partial charge in [0.05, 0.1) is 21.0 Å². The Morgan fingerprint density at radius 1 is 0.882 bits per heavy atom. The van der Waals surface area contributed by atoms with Crippen molar-refractivity contribution in [2.24, 2.45) is 4.40 Å². The highest BCUT2D eigenvalue weighted by Gasteiger charge is 2.27. The molecule has 5 nitrogen and oxygen atoms in total. The number of hydrogen-bond donors (Lipinski definition) is 0. The van der Waals surface area contributed by atoms with E-state index in [1.807, 2.05) is 43.3 Å². The summed E-state index contributed by atoms with van der Waals surface area (Å²) >= 11 is 1.27. The zero-order chi connectivity index (χ0) is 23.9. The van der Waals surface area contributed by atoms with Crippen LogP contribution in [0.2, 0.25) is 0 Å². The number of carbonyl (C=O) groups excluding carboxylic acids is 1. The van der Waals surface area contributed by atoms with Crippen molar-refractivity contribution < 1.29 is 13.2 Å². The van der Waals surface area contributed by atoms with Gasteiger partial charge in [-0.1, -0.05) is 66.4 Å². The summed E-state index contributed by atoms with van der Waals surface area (Å²) in [6, 6.07) is 21.8. The monoisotopic (exact) mass is 484 g/mol. The first-order chi connectivity index (χ1) is 16.3. The van der Waals surface area contributed by atoms with Gasteiger partial charge in [-0.15, -0.1) is 0 Å². The van der Waals surface area contributed by atoms with Crippen LogP contribution in [0.25, 0.3) is 10.9 Å². The molecule has 0 aliphatic heterocycles. The van der Waals surface area contributed by atoms with E-state index >= 15 is 0 Å². The highest BCUT2D eigenvalue weighted by Crippen LogP contribution is 2.37. The molecule has 5 rings (SSSR count). The van der Waals surface area contributed by atoms with Crippen LogP contribution in [-0.4, -0.2) is 24.9 Å².